The minimum atomic E-state index is -0.439. The van der Waals surface area contributed by atoms with Crippen LogP contribution in [-0.2, 0) is 0 Å². The van der Waals surface area contributed by atoms with E-state index in [-0.39, 0.29) is 0 Å². The summed E-state index contributed by atoms with van der Waals surface area (Å²) in [5, 5.41) is 0. The Morgan fingerprint density at radius 2 is 2.31 bits per heavy atom. The number of hydrogen-bond acceptors (Lipinski definition) is 2. The Morgan fingerprint density at radius 3 is 3.00 bits per heavy atom. The minimum Gasteiger partial charge on any atom is -0.238 e. The molecule has 0 amide bonds. The number of thiazole rings is 1. The van der Waals surface area contributed by atoms with Crippen molar-refractivity contribution < 1.29 is 4.39 Å². The molecule has 0 radical (unpaired) electrons. The summed E-state index contributed by atoms with van der Waals surface area (Å²) in [7, 11) is 0. The molecule has 1 heterocycles. The Hall–Kier alpha value is -0.990. The molecule has 0 aliphatic carbocycles. The number of halogens is 2. The van der Waals surface area contributed by atoms with Gasteiger partial charge in [0.15, 0.2) is 9.60 Å². The molecule has 1 aromatic heterocycles. The molecule has 2 aromatic rings. The number of rotatable bonds is 0. The highest BCUT2D eigenvalue weighted by Crippen LogP contribution is 2.31. The smallest absolute Gasteiger partial charge is 0.191 e. The van der Waals surface area contributed by atoms with E-state index in [1.165, 1.54) is 17.4 Å². The number of aromatic nitrogens is 1. The fourth-order valence-electron chi connectivity index (χ4n) is 1.01. The van der Waals surface area contributed by atoms with Crippen LogP contribution in [0, 0.1) is 12.4 Å². The molecule has 2 nitrogen and oxygen atoms in total. The fourth-order valence-corrected chi connectivity index (χ4v) is 2.45. The minimum absolute atomic E-state index is 0.307. The summed E-state index contributed by atoms with van der Waals surface area (Å²) >= 11 is 4.49. The van der Waals surface area contributed by atoms with E-state index in [2.05, 4.69) is 25.8 Å². The maximum absolute atomic E-state index is 13.2. The normalized spacial score (nSPS) is 10.2. The molecular formula is C8H2BrFN2S. The maximum Gasteiger partial charge on any atom is 0.191 e. The van der Waals surface area contributed by atoms with E-state index in [4.69, 9.17) is 6.57 Å². The second kappa shape index (κ2) is 3.05. The first-order valence-electron chi connectivity index (χ1n) is 3.34. The van der Waals surface area contributed by atoms with Gasteiger partial charge in [0.25, 0.3) is 0 Å². The molecular weight excluding hydrogens is 255 g/mol. The van der Waals surface area contributed by atoms with E-state index in [0.717, 1.165) is 0 Å². The van der Waals surface area contributed by atoms with Gasteiger partial charge in [0.05, 0.1) is 6.57 Å². The van der Waals surface area contributed by atoms with Crippen LogP contribution in [0.15, 0.2) is 16.0 Å². The zero-order valence-corrected chi connectivity index (χ0v) is 8.62. The van der Waals surface area contributed by atoms with Gasteiger partial charge in [0, 0.05) is 4.70 Å². The van der Waals surface area contributed by atoms with Crippen molar-refractivity contribution in [1.82, 2.24) is 4.98 Å². The largest absolute Gasteiger partial charge is 0.238 e. The number of fused-ring (bicyclic) bond motifs is 1. The quantitative estimate of drug-likeness (QED) is 0.657. The molecule has 0 bridgehead atoms. The Labute approximate surface area is 86.0 Å². The molecule has 0 aliphatic heterocycles. The summed E-state index contributed by atoms with van der Waals surface area (Å²) in [4.78, 5) is 7.11. The second-order valence-electron chi connectivity index (χ2n) is 2.35. The average Bonchev–Trinajstić information content (AvgIpc) is 2.46. The number of nitrogens with zero attached hydrogens (tertiary/aromatic N) is 2. The number of benzene rings is 1. The summed E-state index contributed by atoms with van der Waals surface area (Å²) in [5.74, 6) is -0.439. The monoisotopic (exact) mass is 256 g/mol. The van der Waals surface area contributed by atoms with E-state index in [0.29, 0.717) is 19.8 Å². The van der Waals surface area contributed by atoms with Crippen LogP contribution < -0.4 is 0 Å². The number of hydrogen-bond donors (Lipinski definition) is 0. The van der Waals surface area contributed by atoms with Gasteiger partial charge >= 0.3 is 0 Å². The first kappa shape index (κ1) is 8.60. The summed E-state index contributed by atoms with van der Waals surface area (Å²) in [5.41, 5.74) is 0.630. The van der Waals surface area contributed by atoms with Crippen LogP contribution in [0.3, 0.4) is 0 Å². The lowest BCUT2D eigenvalue weighted by atomic mass is 10.3. The molecule has 1 aromatic carbocycles. The summed E-state index contributed by atoms with van der Waals surface area (Å²) in [6.45, 7) is 6.75. The SMILES string of the molecule is [C-]#[N+]c1cc(F)c2nc(Br)sc2c1. The molecule has 0 fully saturated rings. The molecule has 2 rings (SSSR count). The van der Waals surface area contributed by atoms with Crippen molar-refractivity contribution in [2.45, 2.75) is 0 Å². The van der Waals surface area contributed by atoms with Gasteiger partial charge in [-0.25, -0.2) is 14.2 Å². The van der Waals surface area contributed by atoms with E-state index in [1.807, 2.05) is 0 Å². The van der Waals surface area contributed by atoms with Gasteiger partial charge in [0.2, 0.25) is 0 Å². The molecule has 64 valence electrons. The molecule has 0 spiro atoms. The fraction of sp³-hybridized carbons (Fsp3) is 0. The third-order valence-electron chi connectivity index (χ3n) is 1.54. The molecule has 0 N–H and O–H groups in total. The predicted octanol–water partition coefficient (Wildman–Crippen LogP) is 3.75. The van der Waals surface area contributed by atoms with Crippen LogP contribution in [0.5, 0.6) is 0 Å². The first-order valence-corrected chi connectivity index (χ1v) is 4.94. The zero-order valence-electron chi connectivity index (χ0n) is 6.21. The van der Waals surface area contributed by atoms with Gasteiger partial charge in [-0.1, -0.05) is 0 Å². The third-order valence-corrected chi connectivity index (χ3v) is 2.99. The highest BCUT2D eigenvalue weighted by molar-refractivity contribution is 9.11. The van der Waals surface area contributed by atoms with Gasteiger partial charge in [-0.2, -0.15) is 0 Å². The Kier molecular flexibility index (Phi) is 2.02. The molecule has 0 unspecified atom stereocenters. The van der Waals surface area contributed by atoms with Crippen molar-refractivity contribution >= 4 is 43.2 Å². The van der Waals surface area contributed by atoms with Gasteiger partial charge in [-0.15, -0.1) is 11.3 Å². The first-order chi connectivity index (χ1) is 6.20. The Bertz CT molecular complexity index is 515. The van der Waals surface area contributed by atoms with Crippen molar-refractivity contribution in [2.75, 3.05) is 0 Å². The van der Waals surface area contributed by atoms with E-state index >= 15 is 0 Å². The Morgan fingerprint density at radius 1 is 1.54 bits per heavy atom. The molecule has 0 saturated heterocycles. The van der Waals surface area contributed by atoms with Crippen LogP contribution in [0.25, 0.3) is 15.1 Å². The van der Waals surface area contributed by atoms with E-state index in [1.54, 1.807) is 6.07 Å². The Balaban J connectivity index is 2.85. The molecule has 0 aliphatic rings. The summed E-state index contributed by atoms with van der Waals surface area (Å²) < 4.78 is 14.5. The molecule has 0 saturated carbocycles. The third kappa shape index (κ3) is 1.43. The topological polar surface area (TPSA) is 17.2 Å². The molecule has 13 heavy (non-hydrogen) atoms. The van der Waals surface area contributed by atoms with Gasteiger partial charge in [-0.3, -0.25) is 0 Å². The van der Waals surface area contributed by atoms with Gasteiger partial charge < -0.3 is 0 Å². The average molecular weight is 257 g/mol. The maximum atomic E-state index is 13.2. The van der Waals surface area contributed by atoms with E-state index in [9.17, 15) is 4.39 Å². The lowest BCUT2D eigenvalue weighted by Gasteiger charge is -1.91. The summed E-state index contributed by atoms with van der Waals surface area (Å²) in [6, 6.07) is 2.83. The van der Waals surface area contributed by atoms with Crippen LogP contribution in [-0.4, -0.2) is 4.98 Å². The van der Waals surface area contributed by atoms with Crippen molar-refractivity contribution in [1.29, 1.82) is 0 Å². The van der Waals surface area contributed by atoms with Crippen molar-refractivity contribution in [3.05, 3.63) is 33.3 Å². The highest BCUT2D eigenvalue weighted by atomic mass is 79.9. The van der Waals surface area contributed by atoms with Crippen molar-refractivity contribution in [2.24, 2.45) is 0 Å². The van der Waals surface area contributed by atoms with Crippen LogP contribution >= 0.6 is 27.3 Å². The van der Waals surface area contributed by atoms with Crippen LogP contribution in [0.4, 0.5) is 10.1 Å². The standard InChI is InChI=1S/C8H2BrFN2S/c1-11-4-2-5(10)7-6(3-4)13-8(9)12-7/h2-3H. The lowest BCUT2D eigenvalue weighted by Crippen LogP contribution is -1.75. The van der Waals surface area contributed by atoms with Crippen LogP contribution in [0.1, 0.15) is 0 Å². The van der Waals surface area contributed by atoms with Crippen LogP contribution in [0.2, 0.25) is 0 Å². The highest BCUT2D eigenvalue weighted by Gasteiger charge is 2.08. The zero-order chi connectivity index (χ0) is 9.42. The lowest BCUT2D eigenvalue weighted by molar-refractivity contribution is 0.638. The van der Waals surface area contributed by atoms with Gasteiger partial charge in [0.1, 0.15) is 11.3 Å². The predicted molar refractivity (Wildman–Crippen MR) is 53.5 cm³/mol. The van der Waals surface area contributed by atoms with Crippen molar-refractivity contribution in [3.8, 4) is 0 Å². The van der Waals surface area contributed by atoms with Gasteiger partial charge in [-0.05, 0) is 28.1 Å². The van der Waals surface area contributed by atoms with Crippen molar-refractivity contribution in [3.63, 3.8) is 0 Å². The molecule has 0 atom stereocenters. The molecule has 5 heteroatoms. The van der Waals surface area contributed by atoms with E-state index < -0.39 is 5.82 Å². The second-order valence-corrected chi connectivity index (χ2v) is 4.66. The summed E-state index contributed by atoms with van der Waals surface area (Å²) in [6.07, 6.45) is 0.